The molecule has 190 valence electrons. The first-order chi connectivity index (χ1) is 18.0. The van der Waals surface area contributed by atoms with E-state index in [0.717, 1.165) is 0 Å². The van der Waals surface area contributed by atoms with Crippen molar-refractivity contribution < 1.29 is 0 Å². The van der Waals surface area contributed by atoms with Crippen LogP contribution in [0.25, 0.3) is 31.8 Å². The summed E-state index contributed by atoms with van der Waals surface area (Å²) in [6.07, 6.45) is 0. The number of benzene rings is 2. The van der Waals surface area contributed by atoms with Gasteiger partial charge < -0.3 is 9.80 Å². The van der Waals surface area contributed by atoms with Crippen LogP contribution in [-0.2, 0) is 0 Å². The van der Waals surface area contributed by atoms with Crippen molar-refractivity contribution in [2.45, 2.75) is 27.7 Å². The third-order valence-electron chi connectivity index (χ3n) is 6.63. The van der Waals surface area contributed by atoms with Crippen molar-refractivity contribution in [3.8, 4) is 11.4 Å². The van der Waals surface area contributed by atoms with E-state index >= 15 is 0 Å². The molecule has 8 nitrogen and oxygen atoms in total. The first-order valence-electron chi connectivity index (χ1n) is 12.7. The molecule has 0 saturated heterocycles. The third kappa shape index (κ3) is 4.09. The second-order valence-electron chi connectivity index (χ2n) is 8.58. The van der Waals surface area contributed by atoms with Crippen molar-refractivity contribution in [1.82, 2.24) is 19.1 Å². The summed E-state index contributed by atoms with van der Waals surface area (Å²) in [6.45, 7) is 10.9. The van der Waals surface area contributed by atoms with Crippen molar-refractivity contribution in [1.29, 1.82) is 0 Å². The number of thiophene rings is 1. The Hall–Kier alpha value is -3.98. The van der Waals surface area contributed by atoms with E-state index in [0.29, 0.717) is 69.9 Å². The van der Waals surface area contributed by atoms with Gasteiger partial charge in [-0.3, -0.25) is 9.59 Å². The van der Waals surface area contributed by atoms with E-state index in [2.05, 4.69) is 9.80 Å². The smallest absolute Gasteiger partial charge is 0.269 e. The Labute approximate surface area is 219 Å². The van der Waals surface area contributed by atoms with E-state index in [9.17, 15) is 9.59 Å². The van der Waals surface area contributed by atoms with Gasteiger partial charge in [0.05, 0.1) is 22.1 Å². The summed E-state index contributed by atoms with van der Waals surface area (Å²) >= 11 is 1.30. The average molecular weight is 515 g/mol. The highest BCUT2D eigenvalue weighted by atomic mass is 32.1. The van der Waals surface area contributed by atoms with Crippen molar-refractivity contribution >= 4 is 43.7 Å². The minimum atomic E-state index is -0.265. The van der Waals surface area contributed by atoms with Gasteiger partial charge in [0.2, 0.25) is 11.9 Å². The van der Waals surface area contributed by atoms with E-state index in [1.165, 1.54) is 11.3 Å². The van der Waals surface area contributed by atoms with Gasteiger partial charge in [-0.15, -0.1) is 0 Å². The van der Waals surface area contributed by atoms with Crippen molar-refractivity contribution in [3.05, 3.63) is 81.4 Å². The Morgan fingerprint density at radius 2 is 0.973 bits per heavy atom. The standard InChI is InChI=1S/C28H30N6O2S/c1-5-31(6-2)27-29-23-21(25(35)33(27)19-15-11-9-12-16-19)22-24(37-23)30-28(32(7-3)8-4)34(26(22)36)20-17-13-10-14-18-20/h9-18H,5-8H2,1-4H3. The van der Waals surface area contributed by atoms with Crippen LogP contribution < -0.4 is 20.9 Å². The lowest BCUT2D eigenvalue weighted by atomic mass is 10.2. The SMILES string of the molecule is CCN(CC)c1nc2sc3nc(N(CC)CC)n(-c4ccccc4)c(=O)c3c2c(=O)n1-c1ccccc1. The number of nitrogens with zero attached hydrogens (tertiary/aromatic N) is 6. The number of hydrogen-bond acceptors (Lipinski definition) is 7. The highest BCUT2D eigenvalue weighted by Gasteiger charge is 2.25. The molecule has 3 aromatic heterocycles. The topological polar surface area (TPSA) is 76.3 Å². The second-order valence-corrected chi connectivity index (χ2v) is 9.56. The zero-order valence-electron chi connectivity index (χ0n) is 21.5. The van der Waals surface area contributed by atoms with E-state index < -0.39 is 0 Å². The Balaban J connectivity index is 1.94. The predicted octanol–water partition coefficient (Wildman–Crippen LogP) is 4.84. The molecule has 0 radical (unpaired) electrons. The fourth-order valence-corrected chi connectivity index (χ4v) is 5.73. The maximum Gasteiger partial charge on any atom is 0.269 e. The van der Waals surface area contributed by atoms with Gasteiger partial charge in [-0.05, 0) is 52.0 Å². The molecular formula is C28H30N6O2S. The van der Waals surface area contributed by atoms with Crippen LogP contribution in [0.5, 0.6) is 0 Å². The number of anilines is 2. The number of rotatable bonds is 8. The van der Waals surface area contributed by atoms with Crippen LogP contribution in [0.4, 0.5) is 11.9 Å². The van der Waals surface area contributed by atoms with Crippen LogP contribution in [0.3, 0.4) is 0 Å². The normalized spacial score (nSPS) is 11.4. The molecule has 5 rings (SSSR count). The fraction of sp³-hybridized carbons (Fsp3) is 0.286. The van der Waals surface area contributed by atoms with Crippen LogP contribution in [0.15, 0.2) is 70.3 Å². The molecule has 0 bridgehead atoms. The molecule has 0 amide bonds. The summed E-state index contributed by atoms with van der Waals surface area (Å²) in [6, 6.07) is 18.9. The predicted molar refractivity (Wildman–Crippen MR) is 153 cm³/mol. The molecule has 0 saturated carbocycles. The second kappa shape index (κ2) is 10.2. The van der Waals surface area contributed by atoms with Crippen molar-refractivity contribution in [3.63, 3.8) is 0 Å². The molecule has 0 fully saturated rings. The van der Waals surface area contributed by atoms with E-state index in [4.69, 9.17) is 9.97 Å². The Bertz CT molecular complexity index is 1540. The Kier molecular flexibility index (Phi) is 6.80. The van der Waals surface area contributed by atoms with Crippen LogP contribution >= 0.6 is 11.3 Å². The molecule has 3 heterocycles. The fourth-order valence-electron chi connectivity index (χ4n) is 4.71. The summed E-state index contributed by atoms with van der Waals surface area (Å²) < 4.78 is 3.23. The number of para-hydroxylation sites is 2. The Morgan fingerprint density at radius 3 is 1.30 bits per heavy atom. The molecule has 0 aliphatic rings. The highest BCUT2D eigenvalue weighted by Crippen LogP contribution is 2.32. The van der Waals surface area contributed by atoms with Gasteiger partial charge in [0.25, 0.3) is 11.1 Å². The minimum absolute atomic E-state index is 0.265. The van der Waals surface area contributed by atoms with E-state index in [1.807, 2.05) is 88.4 Å². The third-order valence-corrected chi connectivity index (χ3v) is 7.61. The lowest BCUT2D eigenvalue weighted by Crippen LogP contribution is -2.33. The first kappa shape index (κ1) is 24.7. The summed E-state index contributed by atoms with van der Waals surface area (Å²) in [5.41, 5.74) is 0.885. The summed E-state index contributed by atoms with van der Waals surface area (Å²) in [5.74, 6) is 1.13. The van der Waals surface area contributed by atoms with Crippen LogP contribution in [0, 0.1) is 0 Å². The van der Waals surface area contributed by atoms with Crippen LogP contribution in [-0.4, -0.2) is 45.3 Å². The summed E-state index contributed by atoms with van der Waals surface area (Å²) in [5, 5.41) is 0.626. The van der Waals surface area contributed by atoms with Gasteiger partial charge in [-0.1, -0.05) is 47.7 Å². The van der Waals surface area contributed by atoms with Crippen LogP contribution in [0.1, 0.15) is 27.7 Å². The molecule has 9 heteroatoms. The number of fused-ring (bicyclic) bond motifs is 3. The molecule has 5 aromatic rings. The molecule has 0 aliphatic heterocycles. The lowest BCUT2D eigenvalue weighted by molar-refractivity contribution is 0.786. The lowest BCUT2D eigenvalue weighted by Gasteiger charge is -2.24. The highest BCUT2D eigenvalue weighted by molar-refractivity contribution is 7.25. The maximum absolute atomic E-state index is 14.2. The van der Waals surface area contributed by atoms with Gasteiger partial charge in [0.15, 0.2) is 0 Å². The molecule has 2 aromatic carbocycles. The zero-order chi connectivity index (χ0) is 26.1. The van der Waals surface area contributed by atoms with Gasteiger partial charge in [-0.25, -0.2) is 19.1 Å². The summed E-state index contributed by atoms with van der Waals surface area (Å²) in [4.78, 5) is 43.5. The molecule has 0 aliphatic carbocycles. The molecular weight excluding hydrogens is 484 g/mol. The monoisotopic (exact) mass is 514 g/mol. The van der Waals surface area contributed by atoms with Crippen molar-refractivity contribution in [2.75, 3.05) is 36.0 Å². The van der Waals surface area contributed by atoms with Gasteiger partial charge in [-0.2, -0.15) is 0 Å². The maximum atomic E-state index is 14.2. The first-order valence-corrected chi connectivity index (χ1v) is 13.5. The molecule has 0 atom stereocenters. The molecule has 0 spiro atoms. The zero-order valence-corrected chi connectivity index (χ0v) is 22.3. The molecule has 0 unspecified atom stereocenters. The summed E-state index contributed by atoms with van der Waals surface area (Å²) in [7, 11) is 0. The van der Waals surface area contributed by atoms with Crippen molar-refractivity contribution in [2.24, 2.45) is 0 Å². The van der Waals surface area contributed by atoms with Crippen LogP contribution in [0.2, 0.25) is 0 Å². The molecule has 37 heavy (non-hydrogen) atoms. The number of hydrogen-bond donors (Lipinski definition) is 0. The van der Waals surface area contributed by atoms with Gasteiger partial charge >= 0.3 is 0 Å². The molecule has 0 N–H and O–H groups in total. The van der Waals surface area contributed by atoms with E-state index in [1.54, 1.807) is 9.13 Å². The average Bonchev–Trinajstić information content (AvgIpc) is 3.30. The number of aromatic nitrogens is 4. The van der Waals surface area contributed by atoms with E-state index in [-0.39, 0.29) is 11.1 Å². The Morgan fingerprint density at radius 1 is 0.622 bits per heavy atom. The quantitative estimate of drug-likeness (QED) is 0.295. The van der Waals surface area contributed by atoms with Gasteiger partial charge in [0, 0.05) is 26.2 Å². The minimum Gasteiger partial charge on any atom is -0.342 e. The van der Waals surface area contributed by atoms with Gasteiger partial charge in [0.1, 0.15) is 9.66 Å². The largest absolute Gasteiger partial charge is 0.342 e.